The number of aromatic nitrogens is 4. The largest absolute Gasteiger partial charge is 0.507 e. The van der Waals surface area contributed by atoms with Gasteiger partial charge in [0.25, 0.3) is 0 Å². The molecule has 5 nitrogen and oxygen atoms in total. The Morgan fingerprint density at radius 2 is 0.962 bits per heavy atom. The number of benzene rings is 7. The first kappa shape index (κ1) is 56.2. The summed E-state index contributed by atoms with van der Waals surface area (Å²) in [5.74, 6) is 0.962. The molecule has 0 radical (unpaired) electrons. The van der Waals surface area contributed by atoms with Crippen molar-refractivity contribution in [2.24, 2.45) is 0 Å². The Hall–Kier alpha value is -6.55. The molecular weight excluding hydrogens is 1130 g/mol. The average molecular weight is 1210 g/mol. The number of phenolic OH excluding ortho intramolecular Hbond substituents is 1. The van der Waals surface area contributed by atoms with Crippen LogP contribution in [0.1, 0.15) is 158 Å². The summed E-state index contributed by atoms with van der Waals surface area (Å²) in [5, 5.41) is 15.2. The van der Waals surface area contributed by atoms with Gasteiger partial charge in [0.1, 0.15) is 11.6 Å². The van der Waals surface area contributed by atoms with Crippen LogP contribution in [-0.4, -0.2) is 24.2 Å². The Labute approximate surface area is 479 Å². The predicted octanol–water partition coefficient (Wildman–Crippen LogP) is 19.5. The van der Waals surface area contributed by atoms with Gasteiger partial charge >= 0.3 is 0 Å². The smallest absolute Gasteiger partial charge is 0.148 e. The first-order chi connectivity index (χ1) is 35.9. The van der Waals surface area contributed by atoms with Gasteiger partial charge in [-0.15, -0.1) is 28.8 Å². The summed E-state index contributed by atoms with van der Waals surface area (Å²) in [6.45, 7) is 40.8. The van der Waals surface area contributed by atoms with Gasteiger partial charge in [-0.3, -0.25) is 9.55 Å². The molecule has 0 unspecified atom stereocenters. The molecule has 6 heteroatoms. The Morgan fingerprint density at radius 1 is 0.423 bits per heavy atom. The van der Waals surface area contributed by atoms with Crippen molar-refractivity contribution >= 4 is 32.8 Å². The van der Waals surface area contributed by atoms with E-state index in [1.54, 1.807) is 0 Å². The minimum atomic E-state index is -0.340. The predicted molar refractivity (Wildman–Crippen MR) is 328 cm³/mol. The molecule has 0 aliphatic heterocycles. The summed E-state index contributed by atoms with van der Waals surface area (Å²) in [6, 6.07) is 55.1. The second-order valence-corrected chi connectivity index (χ2v) is 27.8. The van der Waals surface area contributed by atoms with E-state index in [1.165, 1.54) is 38.5 Å². The number of hydrogen-bond acceptors (Lipinski definition) is 3. The topological polar surface area (TPSA) is 55.9 Å². The third-order valence-corrected chi connectivity index (χ3v) is 15.6. The molecule has 0 saturated carbocycles. The van der Waals surface area contributed by atoms with Gasteiger partial charge in [0, 0.05) is 66.2 Å². The second kappa shape index (κ2) is 19.7. The number of para-hydroxylation sites is 4. The van der Waals surface area contributed by atoms with E-state index < -0.39 is 0 Å². The van der Waals surface area contributed by atoms with Gasteiger partial charge in [0.2, 0.25) is 0 Å². The molecule has 3 aromatic heterocycles. The minimum Gasteiger partial charge on any atom is -0.507 e. The molecule has 0 fully saturated rings. The van der Waals surface area contributed by atoms with Crippen molar-refractivity contribution in [1.82, 2.24) is 19.1 Å². The number of hydrogen-bond donors (Lipinski definition) is 1. The van der Waals surface area contributed by atoms with Gasteiger partial charge in [0.05, 0.1) is 27.6 Å². The second-order valence-electron chi connectivity index (χ2n) is 27.8. The van der Waals surface area contributed by atoms with Gasteiger partial charge in [-0.25, -0.2) is 4.98 Å². The summed E-state index contributed by atoms with van der Waals surface area (Å²) in [4.78, 5) is 11.1. The SMILES string of the molecule is CC(C)(C)c1cc(-n2c(-c3cc(C(C)(C)C)cc(C(C)(C)C)c3O)nc3c(-c4[c-]c(-c5cc(-c6cccc7c8ccccc8n(-c8ccccc8)c67)ccn5)c(C(C)(C)C)cc4C(C)(C)C)cccc32)cc(C(C)(C)C)c1.[Pt]. The van der Waals surface area contributed by atoms with E-state index in [2.05, 4.69) is 279 Å². The molecular formula is C72H79N4OPt-. The van der Waals surface area contributed by atoms with Crippen LogP contribution < -0.4 is 0 Å². The van der Waals surface area contributed by atoms with E-state index in [0.717, 1.165) is 72.6 Å². The van der Waals surface area contributed by atoms with Gasteiger partial charge in [0.15, 0.2) is 0 Å². The molecule has 10 aromatic rings. The molecule has 0 aliphatic carbocycles. The zero-order valence-electron chi connectivity index (χ0n) is 49.4. The molecule has 7 aromatic carbocycles. The molecule has 10 rings (SSSR count). The van der Waals surface area contributed by atoms with Gasteiger partial charge in [-0.1, -0.05) is 221 Å². The fourth-order valence-corrected chi connectivity index (χ4v) is 11.1. The monoisotopic (exact) mass is 1210 g/mol. The Bertz CT molecular complexity index is 3890. The number of aromatic hydroxyl groups is 1. The number of imidazole rings is 1. The van der Waals surface area contributed by atoms with Crippen molar-refractivity contribution in [3.63, 3.8) is 0 Å². The van der Waals surface area contributed by atoms with Gasteiger partial charge < -0.3 is 9.67 Å². The molecule has 3 heterocycles. The van der Waals surface area contributed by atoms with Crippen molar-refractivity contribution in [2.45, 2.75) is 157 Å². The molecule has 404 valence electrons. The Balaban J connectivity index is 0.00000740. The van der Waals surface area contributed by atoms with Gasteiger partial charge in [-0.2, -0.15) is 0 Å². The standard InChI is InChI=1S/C72H79N4O.Pt/c1-67(2,3)45-37-46(68(4,5)6)39-49(38-45)76-62-33-25-30-52(63(62)74-66(76)56-40-47(69(7,8)9)41-59(65(56)77)72(16,17)18)54-42-55(58(71(13,14)15)43-57(54)70(10,11)12)60-36-44(34-35-73-60)50-29-24-31-53-51-28-22-23-32-61(51)75(64(50)53)48-26-20-19-21-27-48;/h19-41,43,77H,1-18H3;/q-1;. The molecule has 0 saturated heterocycles. The van der Waals surface area contributed by atoms with E-state index in [-0.39, 0.29) is 59.3 Å². The molecule has 0 bridgehead atoms. The van der Waals surface area contributed by atoms with Crippen LogP contribution in [0.15, 0.2) is 146 Å². The van der Waals surface area contributed by atoms with Crippen molar-refractivity contribution in [3.8, 4) is 62.0 Å². The van der Waals surface area contributed by atoms with Crippen LogP contribution in [0.2, 0.25) is 0 Å². The fraction of sp³-hybridized carbons (Fsp3) is 0.333. The number of rotatable bonds is 6. The number of nitrogens with zero attached hydrogens (tertiary/aromatic N) is 4. The maximum atomic E-state index is 12.7. The molecule has 0 aliphatic rings. The van der Waals surface area contributed by atoms with Gasteiger partial charge in [-0.05, 0) is 103 Å². The summed E-state index contributed by atoms with van der Waals surface area (Å²) < 4.78 is 4.72. The van der Waals surface area contributed by atoms with Crippen molar-refractivity contribution in [3.05, 3.63) is 185 Å². The number of pyridine rings is 1. The maximum absolute atomic E-state index is 12.7. The first-order valence-corrected chi connectivity index (χ1v) is 27.6. The maximum Gasteiger partial charge on any atom is 0.148 e. The fourth-order valence-electron chi connectivity index (χ4n) is 11.1. The Kier molecular flexibility index (Phi) is 14.2. The van der Waals surface area contributed by atoms with Crippen LogP contribution in [-0.2, 0) is 53.6 Å². The average Bonchev–Trinajstić information content (AvgIpc) is 4.06. The van der Waals surface area contributed by atoms with Crippen LogP contribution in [0.25, 0.3) is 89.1 Å². The number of fused-ring (bicyclic) bond motifs is 4. The zero-order chi connectivity index (χ0) is 55.5. The van der Waals surface area contributed by atoms with Crippen LogP contribution in [0.4, 0.5) is 0 Å². The molecule has 78 heavy (non-hydrogen) atoms. The summed E-state index contributed by atoms with van der Waals surface area (Å²) in [6.07, 6.45) is 1.97. The van der Waals surface area contributed by atoms with E-state index in [0.29, 0.717) is 11.4 Å². The third kappa shape index (κ3) is 10.2. The van der Waals surface area contributed by atoms with E-state index in [4.69, 9.17) is 9.97 Å². The minimum absolute atomic E-state index is 0. The van der Waals surface area contributed by atoms with Crippen LogP contribution in [0.5, 0.6) is 5.75 Å². The Morgan fingerprint density at radius 3 is 1.58 bits per heavy atom. The first-order valence-electron chi connectivity index (χ1n) is 27.6. The van der Waals surface area contributed by atoms with E-state index in [9.17, 15) is 5.11 Å². The normalized spacial score (nSPS) is 12.9. The van der Waals surface area contributed by atoms with Crippen LogP contribution >= 0.6 is 0 Å². The number of phenols is 1. The van der Waals surface area contributed by atoms with Crippen LogP contribution in [0, 0.1) is 6.07 Å². The summed E-state index contributed by atoms with van der Waals surface area (Å²) >= 11 is 0. The molecule has 0 atom stereocenters. The van der Waals surface area contributed by atoms with Crippen molar-refractivity contribution in [2.75, 3.05) is 0 Å². The zero-order valence-corrected chi connectivity index (χ0v) is 51.7. The van der Waals surface area contributed by atoms with Crippen molar-refractivity contribution < 1.29 is 26.2 Å². The molecule has 0 amide bonds. The summed E-state index contributed by atoms with van der Waals surface area (Å²) in [7, 11) is 0. The quantitative estimate of drug-likeness (QED) is 0.169. The molecule has 0 spiro atoms. The van der Waals surface area contributed by atoms with E-state index >= 15 is 0 Å². The van der Waals surface area contributed by atoms with Crippen molar-refractivity contribution in [1.29, 1.82) is 0 Å². The molecule has 1 N–H and O–H groups in total. The van der Waals surface area contributed by atoms with Crippen LogP contribution in [0.3, 0.4) is 0 Å². The summed E-state index contributed by atoms with van der Waals surface area (Å²) in [5.41, 5.74) is 18.5. The third-order valence-electron chi connectivity index (χ3n) is 15.6. The van der Waals surface area contributed by atoms with E-state index in [1.807, 2.05) is 6.20 Å².